The fourth-order valence-electron chi connectivity index (χ4n) is 3.72. The Labute approximate surface area is 152 Å². The number of thiophene rings is 1. The number of ether oxygens (including phenoxy) is 1. The van der Waals surface area contributed by atoms with Crippen molar-refractivity contribution in [3.63, 3.8) is 0 Å². The minimum atomic E-state index is -0.319. The first-order valence-electron chi connectivity index (χ1n) is 8.86. The van der Waals surface area contributed by atoms with Crippen LogP contribution in [0.5, 0.6) is 0 Å². The Hall–Kier alpha value is -1.76. The van der Waals surface area contributed by atoms with E-state index in [1.54, 1.807) is 17.5 Å². The molecule has 6 heteroatoms. The molecule has 2 fully saturated rings. The zero-order valence-corrected chi connectivity index (χ0v) is 15.0. The number of carbonyl (C=O) groups excluding carboxylic acids is 1. The Bertz CT molecular complexity index is 692. The average molecular weight is 357 g/mol. The first-order valence-corrected chi connectivity index (χ1v) is 9.74. The topological polar surface area (TPSA) is 54.5 Å². The molecule has 0 bridgehead atoms. The van der Waals surface area contributed by atoms with Crippen molar-refractivity contribution < 1.29 is 9.53 Å². The highest BCUT2D eigenvalue weighted by Gasteiger charge is 2.41. The molecule has 1 amide bonds. The van der Waals surface area contributed by atoms with Gasteiger partial charge in [-0.2, -0.15) is 0 Å². The third-order valence-corrected chi connectivity index (χ3v) is 5.92. The fourth-order valence-corrected chi connectivity index (χ4v) is 4.47. The molecule has 0 saturated carbocycles. The number of aromatic nitrogens is 1. The maximum atomic E-state index is 12.4. The molecule has 0 aromatic carbocycles. The van der Waals surface area contributed by atoms with Gasteiger partial charge >= 0.3 is 0 Å². The standard InChI is InChI=1S/C19H23N3O2S/c23-19(21-11-15-4-1-2-7-20-15)17-10-14-6-8-22(13-18(14)24-17)12-16-5-3-9-25-16/h1-5,7,9,14,17-18H,6,8,10-13H2,(H,21,23)/t14-,17-,18-/m0/s1. The number of pyridine rings is 1. The largest absolute Gasteiger partial charge is 0.364 e. The molecule has 2 aliphatic rings. The van der Waals surface area contributed by atoms with Crippen molar-refractivity contribution >= 4 is 17.2 Å². The van der Waals surface area contributed by atoms with Gasteiger partial charge in [-0.15, -0.1) is 11.3 Å². The van der Waals surface area contributed by atoms with Crippen molar-refractivity contribution in [2.24, 2.45) is 5.92 Å². The minimum absolute atomic E-state index is 0.00939. The van der Waals surface area contributed by atoms with Gasteiger partial charge in [0, 0.05) is 24.2 Å². The number of rotatable bonds is 5. The van der Waals surface area contributed by atoms with E-state index in [0.717, 1.165) is 38.2 Å². The van der Waals surface area contributed by atoms with E-state index in [9.17, 15) is 4.79 Å². The number of hydrogen-bond acceptors (Lipinski definition) is 5. The van der Waals surface area contributed by atoms with Crippen LogP contribution in [0.15, 0.2) is 41.9 Å². The average Bonchev–Trinajstić information content (AvgIpc) is 3.30. The summed E-state index contributed by atoms with van der Waals surface area (Å²) in [5.41, 5.74) is 0.869. The third kappa shape index (κ3) is 4.08. The fraction of sp³-hybridized carbons (Fsp3) is 0.474. The van der Waals surface area contributed by atoms with Crippen LogP contribution in [-0.2, 0) is 22.6 Å². The van der Waals surface area contributed by atoms with Gasteiger partial charge in [0.05, 0.1) is 18.3 Å². The highest BCUT2D eigenvalue weighted by Crippen LogP contribution is 2.34. The molecule has 0 spiro atoms. The zero-order chi connectivity index (χ0) is 17.1. The molecule has 0 radical (unpaired) electrons. The van der Waals surface area contributed by atoms with Gasteiger partial charge in [0.25, 0.3) is 0 Å². The van der Waals surface area contributed by atoms with E-state index in [1.165, 1.54) is 4.88 Å². The molecular formula is C19H23N3O2S. The maximum Gasteiger partial charge on any atom is 0.249 e. The summed E-state index contributed by atoms with van der Waals surface area (Å²) >= 11 is 1.80. The molecule has 132 valence electrons. The summed E-state index contributed by atoms with van der Waals surface area (Å²) in [6, 6.07) is 9.99. The molecule has 4 heterocycles. The monoisotopic (exact) mass is 357 g/mol. The molecule has 3 atom stereocenters. The van der Waals surface area contributed by atoms with Gasteiger partial charge in [-0.05, 0) is 48.9 Å². The van der Waals surface area contributed by atoms with E-state index in [-0.39, 0.29) is 18.1 Å². The van der Waals surface area contributed by atoms with Crippen molar-refractivity contribution in [3.05, 3.63) is 52.5 Å². The van der Waals surface area contributed by atoms with Gasteiger partial charge < -0.3 is 10.1 Å². The quantitative estimate of drug-likeness (QED) is 0.893. The van der Waals surface area contributed by atoms with Crippen LogP contribution in [0.1, 0.15) is 23.4 Å². The Morgan fingerprint density at radius 1 is 1.36 bits per heavy atom. The number of nitrogens with one attached hydrogen (secondary N) is 1. The van der Waals surface area contributed by atoms with Gasteiger partial charge in [-0.25, -0.2) is 0 Å². The Morgan fingerprint density at radius 2 is 2.32 bits per heavy atom. The van der Waals surface area contributed by atoms with Crippen molar-refractivity contribution in [2.75, 3.05) is 13.1 Å². The Kier molecular flexibility index (Phi) is 5.10. The number of hydrogen-bond donors (Lipinski definition) is 1. The molecule has 25 heavy (non-hydrogen) atoms. The highest BCUT2D eigenvalue weighted by atomic mass is 32.1. The molecule has 5 nitrogen and oxygen atoms in total. The third-order valence-electron chi connectivity index (χ3n) is 5.06. The smallest absolute Gasteiger partial charge is 0.249 e. The number of fused-ring (bicyclic) bond motifs is 1. The summed E-state index contributed by atoms with van der Waals surface area (Å²) in [6.45, 7) is 3.46. The van der Waals surface area contributed by atoms with E-state index in [2.05, 4.69) is 32.7 Å². The molecule has 2 aromatic rings. The number of nitrogens with zero attached hydrogens (tertiary/aromatic N) is 2. The lowest BCUT2D eigenvalue weighted by molar-refractivity contribution is -0.133. The van der Waals surface area contributed by atoms with Crippen LogP contribution < -0.4 is 5.32 Å². The molecule has 0 unspecified atom stereocenters. The van der Waals surface area contributed by atoms with Gasteiger partial charge in [-0.3, -0.25) is 14.7 Å². The first-order chi connectivity index (χ1) is 12.3. The summed E-state index contributed by atoms with van der Waals surface area (Å²) in [4.78, 5) is 20.5. The second kappa shape index (κ2) is 7.64. The SMILES string of the molecule is O=C(NCc1ccccn1)[C@@H]1C[C@@H]2CCN(Cc3cccs3)C[C@@H]2O1. The lowest BCUT2D eigenvalue weighted by Crippen LogP contribution is -2.42. The van der Waals surface area contributed by atoms with Crippen LogP contribution in [0.4, 0.5) is 0 Å². The minimum Gasteiger partial charge on any atom is -0.364 e. The van der Waals surface area contributed by atoms with Crippen molar-refractivity contribution in [1.82, 2.24) is 15.2 Å². The van der Waals surface area contributed by atoms with E-state index in [4.69, 9.17) is 4.74 Å². The van der Waals surface area contributed by atoms with E-state index < -0.39 is 0 Å². The van der Waals surface area contributed by atoms with E-state index in [1.807, 2.05) is 18.2 Å². The lowest BCUT2D eigenvalue weighted by atomic mass is 9.91. The number of amides is 1. The summed E-state index contributed by atoms with van der Waals surface area (Å²) in [6.07, 6.45) is 3.55. The number of piperidine rings is 1. The Balaban J connectivity index is 1.28. The van der Waals surface area contributed by atoms with Gasteiger partial charge in [0.15, 0.2) is 0 Å². The molecular weight excluding hydrogens is 334 g/mol. The summed E-state index contributed by atoms with van der Waals surface area (Å²) < 4.78 is 6.09. The predicted octanol–water partition coefficient (Wildman–Crippen LogP) is 2.44. The summed E-state index contributed by atoms with van der Waals surface area (Å²) in [7, 11) is 0. The van der Waals surface area contributed by atoms with Crippen LogP contribution in [0, 0.1) is 5.92 Å². The Morgan fingerprint density at radius 3 is 3.12 bits per heavy atom. The predicted molar refractivity (Wildman–Crippen MR) is 97.1 cm³/mol. The van der Waals surface area contributed by atoms with Crippen LogP contribution in [0.25, 0.3) is 0 Å². The maximum absolute atomic E-state index is 12.4. The molecule has 0 aliphatic carbocycles. The number of carbonyl (C=O) groups is 1. The lowest BCUT2D eigenvalue weighted by Gasteiger charge is -2.33. The van der Waals surface area contributed by atoms with Crippen molar-refractivity contribution in [1.29, 1.82) is 0 Å². The second-order valence-electron chi connectivity index (χ2n) is 6.80. The van der Waals surface area contributed by atoms with Crippen molar-refractivity contribution in [3.8, 4) is 0 Å². The second-order valence-corrected chi connectivity index (χ2v) is 7.83. The van der Waals surface area contributed by atoms with Crippen LogP contribution in [-0.4, -0.2) is 41.1 Å². The molecule has 1 N–H and O–H groups in total. The highest BCUT2D eigenvalue weighted by molar-refractivity contribution is 7.09. The molecule has 2 saturated heterocycles. The van der Waals surface area contributed by atoms with Gasteiger partial charge in [0.2, 0.25) is 5.91 Å². The van der Waals surface area contributed by atoms with Gasteiger partial charge in [-0.1, -0.05) is 12.1 Å². The van der Waals surface area contributed by atoms with Crippen LogP contribution in [0.3, 0.4) is 0 Å². The molecule has 2 aromatic heterocycles. The number of likely N-dealkylation sites (tertiary alicyclic amines) is 1. The van der Waals surface area contributed by atoms with Crippen molar-refractivity contribution in [2.45, 2.75) is 38.1 Å². The summed E-state index contributed by atoms with van der Waals surface area (Å²) in [5, 5.41) is 5.08. The van der Waals surface area contributed by atoms with E-state index >= 15 is 0 Å². The molecule has 4 rings (SSSR count). The van der Waals surface area contributed by atoms with Crippen LogP contribution >= 0.6 is 11.3 Å². The van der Waals surface area contributed by atoms with E-state index in [0.29, 0.717) is 12.5 Å². The summed E-state index contributed by atoms with van der Waals surface area (Å²) in [5.74, 6) is 0.495. The van der Waals surface area contributed by atoms with Crippen LogP contribution in [0.2, 0.25) is 0 Å². The zero-order valence-electron chi connectivity index (χ0n) is 14.1. The molecule has 2 aliphatic heterocycles. The normalized spacial score (nSPS) is 26.3. The van der Waals surface area contributed by atoms with Gasteiger partial charge in [0.1, 0.15) is 6.10 Å². The first kappa shape index (κ1) is 16.7.